The minimum Gasteiger partial charge on any atom is -0.301 e. The van der Waals surface area contributed by atoms with Gasteiger partial charge in [-0.25, -0.2) is 9.97 Å². The fourth-order valence-electron chi connectivity index (χ4n) is 4.24. The summed E-state index contributed by atoms with van der Waals surface area (Å²) in [5, 5.41) is 5.47. The molecule has 152 valence electrons. The Morgan fingerprint density at radius 2 is 1.80 bits per heavy atom. The van der Waals surface area contributed by atoms with Gasteiger partial charge in [0.05, 0.1) is 12.7 Å². The minimum atomic E-state index is 0.513. The first-order valence-corrected chi connectivity index (χ1v) is 10.6. The van der Waals surface area contributed by atoms with E-state index in [9.17, 15) is 0 Å². The third-order valence-corrected chi connectivity index (χ3v) is 5.99. The summed E-state index contributed by atoms with van der Waals surface area (Å²) in [4.78, 5) is 16.2. The van der Waals surface area contributed by atoms with Gasteiger partial charge in [0.15, 0.2) is 5.65 Å². The van der Waals surface area contributed by atoms with Gasteiger partial charge in [-0.1, -0.05) is 0 Å². The van der Waals surface area contributed by atoms with Crippen molar-refractivity contribution in [3.05, 3.63) is 72.6 Å². The molecular weight excluding hydrogens is 372 g/mol. The van der Waals surface area contributed by atoms with Crippen LogP contribution in [0.15, 0.2) is 61.3 Å². The summed E-state index contributed by atoms with van der Waals surface area (Å²) < 4.78 is 2.04. The average molecular weight is 399 g/mol. The summed E-state index contributed by atoms with van der Waals surface area (Å²) in [6.07, 6.45) is 11.8. The van der Waals surface area contributed by atoms with Gasteiger partial charge in [0.25, 0.3) is 0 Å². The monoisotopic (exact) mass is 398 g/mol. The second-order valence-electron chi connectivity index (χ2n) is 8.14. The fourth-order valence-corrected chi connectivity index (χ4v) is 4.24. The lowest BCUT2D eigenvalue weighted by Gasteiger charge is -2.31. The third kappa shape index (κ3) is 4.09. The zero-order valence-electron chi connectivity index (χ0n) is 17.3. The number of hydrogen-bond acceptors (Lipinski definition) is 5. The van der Waals surface area contributed by atoms with Crippen molar-refractivity contribution in [2.24, 2.45) is 0 Å². The molecule has 5 rings (SSSR count). The number of rotatable bonds is 5. The lowest BCUT2D eigenvalue weighted by Crippen LogP contribution is -2.35. The quantitative estimate of drug-likeness (QED) is 0.507. The smallest absolute Gasteiger partial charge is 0.159 e. The Morgan fingerprint density at radius 1 is 0.967 bits per heavy atom. The summed E-state index contributed by atoms with van der Waals surface area (Å²) >= 11 is 0. The lowest BCUT2D eigenvalue weighted by molar-refractivity contribution is 0.201. The van der Waals surface area contributed by atoms with Crippen molar-refractivity contribution in [2.75, 3.05) is 19.6 Å². The molecule has 5 heterocycles. The van der Waals surface area contributed by atoms with Crippen molar-refractivity contribution < 1.29 is 0 Å². The molecule has 6 heteroatoms. The number of fused-ring (bicyclic) bond motifs is 1. The maximum Gasteiger partial charge on any atom is 0.159 e. The van der Waals surface area contributed by atoms with Crippen LogP contribution in [-0.2, 0) is 6.54 Å². The molecule has 0 bridgehead atoms. The predicted octanol–water partition coefficient (Wildman–Crippen LogP) is 4.08. The van der Waals surface area contributed by atoms with E-state index >= 15 is 0 Å². The SMILES string of the molecule is Cc1cnn(CCN2CCC(c3ccc4cc(-c5ccncc5)cnc4n3)CC2)c1. The number of piperidine rings is 1. The molecule has 0 atom stereocenters. The van der Waals surface area contributed by atoms with Gasteiger partial charge in [-0.15, -0.1) is 0 Å². The molecule has 0 amide bonds. The first kappa shape index (κ1) is 18.9. The molecule has 0 N–H and O–H groups in total. The second kappa shape index (κ2) is 8.32. The molecule has 0 saturated carbocycles. The minimum absolute atomic E-state index is 0.513. The molecule has 1 fully saturated rings. The topological polar surface area (TPSA) is 59.7 Å². The van der Waals surface area contributed by atoms with Gasteiger partial charge in [-0.05, 0) is 74.3 Å². The van der Waals surface area contributed by atoms with Crippen molar-refractivity contribution in [3.8, 4) is 11.1 Å². The van der Waals surface area contributed by atoms with E-state index in [2.05, 4.69) is 51.3 Å². The highest BCUT2D eigenvalue weighted by Gasteiger charge is 2.22. The number of aromatic nitrogens is 5. The molecule has 1 saturated heterocycles. The van der Waals surface area contributed by atoms with E-state index in [1.54, 1.807) is 0 Å². The molecule has 4 aromatic heterocycles. The normalized spacial score (nSPS) is 15.6. The molecule has 6 nitrogen and oxygen atoms in total. The Morgan fingerprint density at radius 3 is 2.57 bits per heavy atom. The highest BCUT2D eigenvalue weighted by Crippen LogP contribution is 2.29. The summed E-state index contributed by atoms with van der Waals surface area (Å²) in [5.41, 5.74) is 5.45. The van der Waals surface area contributed by atoms with Crippen molar-refractivity contribution in [2.45, 2.75) is 32.2 Å². The predicted molar refractivity (Wildman–Crippen MR) is 118 cm³/mol. The fraction of sp³-hybridized carbons (Fsp3) is 0.333. The largest absolute Gasteiger partial charge is 0.301 e. The molecule has 0 radical (unpaired) electrons. The molecule has 0 aromatic carbocycles. The Kier molecular flexibility index (Phi) is 5.24. The molecule has 4 aromatic rings. The molecule has 0 aliphatic carbocycles. The molecule has 1 aliphatic heterocycles. The van der Waals surface area contributed by atoms with Crippen molar-refractivity contribution in [3.63, 3.8) is 0 Å². The van der Waals surface area contributed by atoms with E-state index in [4.69, 9.17) is 4.98 Å². The van der Waals surface area contributed by atoms with Gasteiger partial charge < -0.3 is 4.90 Å². The standard InChI is InChI=1S/C24H26N6/c1-18-15-27-30(17-18)13-12-29-10-6-20(7-11-29)23-3-2-21-14-22(16-26-24(21)28-23)19-4-8-25-9-5-19/h2-5,8-9,14-17,20H,6-7,10-13H2,1H3. The van der Waals surface area contributed by atoms with E-state index < -0.39 is 0 Å². The third-order valence-electron chi connectivity index (χ3n) is 5.99. The van der Waals surface area contributed by atoms with E-state index in [1.807, 2.05) is 41.6 Å². The zero-order valence-corrected chi connectivity index (χ0v) is 17.3. The van der Waals surface area contributed by atoms with Crippen molar-refractivity contribution in [1.82, 2.24) is 29.6 Å². The maximum absolute atomic E-state index is 4.90. The van der Waals surface area contributed by atoms with Crippen molar-refractivity contribution in [1.29, 1.82) is 0 Å². The van der Waals surface area contributed by atoms with Crippen LogP contribution < -0.4 is 0 Å². The average Bonchev–Trinajstić information content (AvgIpc) is 3.23. The highest BCUT2D eigenvalue weighted by molar-refractivity contribution is 5.80. The number of pyridine rings is 3. The summed E-state index contributed by atoms with van der Waals surface area (Å²) in [6, 6.07) is 10.5. The van der Waals surface area contributed by atoms with E-state index in [1.165, 1.54) is 11.3 Å². The van der Waals surface area contributed by atoms with Gasteiger partial charge in [0, 0.05) is 53.9 Å². The van der Waals surface area contributed by atoms with Crippen LogP contribution in [0.25, 0.3) is 22.2 Å². The van der Waals surface area contributed by atoms with Crippen LogP contribution in [0.4, 0.5) is 0 Å². The van der Waals surface area contributed by atoms with Crippen LogP contribution in [0, 0.1) is 6.92 Å². The number of aryl methyl sites for hydroxylation is 1. The Hall–Kier alpha value is -3.12. The van der Waals surface area contributed by atoms with Gasteiger partial charge in [0.2, 0.25) is 0 Å². The first-order valence-electron chi connectivity index (χ1n) is 10.6. The Balaban J connectivity index is 1.23. The van der Waals surface area contributed by atoms with Gasteiger partial charge in [0.1, 0.15) is 0 Å². The first-order chi connectivity index (χ1) is 14.7. The second-order valence-corrected chi connectivity index (χ2v) is 8.14. The number of hydrogen-bond donors (Lipinski definition) is 0. The highest BCUT2D eigenvalue weighted by atomic mass is 15.3. The molecule has 0 unspecified atom stereocenters. The van der Waals surface area contributed by atoms with Gasteiger partial charge in [-0.3, -0.25) is 9.67 Å². The number of nitrogens with zero attached hydrogens (tertiary/aromatic N) is 6. The summed E-state index contributed by atoms with van der Waals surface area (Å²) in [6.45, 7) is 6.31. The summed E-state index contributed by atoms with van der Waals surface area (Å²) in [5.74, 6) is 0.513. The Bertz CT molecular complexity index is 1130. The zero-order chi connectivity index (χ0) is 20.3. The molecular formula is C24H26N6. The lowest BCUT2D eigenvalue weighted by atomic mass is 9.93. The van der Waals surface area contributed by atoms with Crippen LogP contribution in [0.1, 0.15) is 30.0 Å². The van der Waals surface area contributed by atoms with E-state index in [-0.39, 0.29) is 0 Å². The Labute approximate surface area is 176 Å². The summed E-state index contributed by atoms with van der Waals surface area (Å²) in [7, 11) is 0. The van der Waals surface area contributed by atoms with Crippen LogP contribution in [0.5, 0.6) is 0 Å². The number of likely N-dealkylation sites (tertiary alicyclic amines) is 1. The molecule has 1 aliphatic rings. The van der Waals surface area contributed by atoms with Crippen LogP contribution in [0.3, 0.4) is 0 Å². The van der Waals surface area contributed by atoms with E-state index in [0.29, 0.717) is 5.92 Å². The molecule has 30 heavy (non-hydrogen) atoms. The van der Waals surface area contributed by atoms with Crippen LogP contribution >= 0.6 is 0 Å². The van der Waals surface area contributed by atoms with Gasteiger partial charge in [-0.2, -0.15) is 5.10 Å². The van der Waals surface area contributed by atoms with Crippen LogP contribution in [-0.4, -0.2) is 49.3 Å². The van der Waals surface area contributed by atoms with Crippen molar-refractivity contribution >= 4 is 11.0 Å². The van der Waals surface area contributed by atoms with Gasteiger partial charge >= 0.3 is 0 Å². The van der Waals surface area contributed by atoms with E-state index in [0.717, 1.165) is 61.2 Å². The van der Waals surface area contributed by atoms with Crippen LogP contribution in [0.2, 0.25) is 0 Å². The molecule has 0 spiro atoms. The maximum atomic E-state index is 4.90.